The SMILES string of the molecule is Cc1ccccc1-n1c(S[C@@H](C)C(=O)c2ccc(Cl)cc2)nnc1N1CCOCC1. The molecule has 0 amide bonds. The van der Waals surface area contributed by atoms with Gasteiger partial charge < -0.3 is 9.64 Å². The van der Waals surface area contributed by atoms with E-state index in [2.05, 4.69) is 38.7 Å². The maximum Gasteiger partial charge on any atom is 0.232 e. The third-order valence-electron chi connectivity index (χ3n) is 5.05. The van der Waals surface area contributed by atoms with Gasteiger partial charge in [-0.3, -0.25) is 9.36 Å². The summed E-state index contributed by atoms with van der Waals surface area (Å²) in [6.45, 7) is 6.80. The summed E-state index contributed by atoms with van der Waals surface area (Å²) in [4.78, 5) is 15.1. The van der Waals surface area contributed by atoms with Gasteiger partial charge in [-0.25, -0.2) is 0 Å². The number of carbonyl (C=O) groups is 1. The van der Waals surface area contributed by atoms with Crippen molar-refractivity contribution in [3.05, 3.63) is 64.7 Å². The number of para-hydroxylation sites is 1. The minimum absolute atomic E-state index is 0.0314. The molecule has 0 radical (unpaired) electrons. The number of aromatic nitrogens is 3. The Kier molecular flexibility index (Phi) is 6.41. The molecule has 2 aromatic carbocycles. The number of Topliss-reactive ketones (excluding diaryl/α,β-unsaturated/α-hetero) is 1. The summed E-state index contributed by atoms with van der Waals surface area (Å²) in [6, 6.07) is 15.1. The lowest BCUT2D eigenvalue weighted by Gasteiger charge is -2.28. The molecule has 1 saturated heterocycles. The Morgan fingerprint density at radius 2 is 1.80 bits per heavy atom. The number of anilines is 1. The predicted octanol–water partition coefficient (Wildman–Crippen LogP) is 4.43. The second kappa shape index (κ2) is 9.20. The second-order valence-corrected chi connectivity index (χ2v) is 8.88. The molecule has 6 nitrogen and oxygen atoms in total. The quantitative estimate of drug-likeness (QED) is 0.415. The lowest BCUT2D eigenvalue weighted by molar-refractivity contribution is 0.0994. The highest BCUT2D eigenvalue weighted by molar-refractivity contribution is 8.00. The molecule has 30 heavy (non-hydrogen) atoms. The molecule has 1 atom stereocenters. The summed E-state index contributed by atoms with van der Waals surface area (Å²) in [6.07, 6.45) is 0. The molecule has 1 aromatic heterocycles. The first-order chi connectivity index (χ1) is 14.5. The number of thioether (sulfide) groups is 1. The lowest BCUT2D eigenvalue weighted by Crippen LogP contribution is -2.38. The molecule has 1 aliphatic rings. The van der Waals surface area contributed by atoms with Crippen molar-refractivity contribution >= 4 is 35.1 Å². The summed E-state index contributed by atoms with van der Waals surface area (Å²) in [5.74, 6) is 0.810. The molecule has 0 bridgehead atoms. The van der Waals surface area contributed by atoms with Crippen LogP contribution in [0, 0.1) is 6.92 Å². The summed E-state index contributed by atoms with van der Waals surface area (Å²) in [7, 11) is 0. The number of aryl methyl sites for hydroxylation is 1. The number of morpholine rings is 1. The molecule has 0 spiro atoms. The molecular formula is C22H23ClN4O2S. The Hall–Kier alpha value is -2.35. The molecular weight excluding hydrogens is 420 g/mol. The van der Waals surface area contributed by atoms with Crippen LogP contribution in [0.25, 0.3) is 5.69 Å². The van der Waals surface area contributed by atoms with E-state index in [0.29, 0.717) is 29.0 Å². The normalized spacial score (nSPS) is 15.2. The zero-order chi connectivity index (χ0) is 21.1. The zero-order valence-corrected chi connectivity index (χ0v) is 18.5. The van der Waals surface area contributed by atoms with Crippen molar-refractivity contribution in [3.63, 3.8) is 0 Å². The number of benzene rings is 2. The smallest absolute Gasteiger partial charge is 0.232 e. The highest BCUT2D eigenvalue weighted by Gasteiger charge is 2.25. The van der Waals surface area contributed by atoms with Crippen molar-refractivity contribution in [1.29, 1.82) is 0 Å². The van der Waals surface area contributed by atoms with E-state index in [0.717, 1.165) is 30.3 Å². The third kappa shape index (κ3) is 4.38. The number of hydrogen-bond acceptors (Lipinski definition) is 6. The van der Waals surface area contributed by atoms with Crippen molar-refractivity contribution in [2.45, 2.75) is 24.3 Å². The van der Waals surface area contributed by atoms with Gasteiger partial charge >= 0.3 is 0 Å². The van der Waals surface area contributed by atoms with Crippen LogP contribution >= 0.6 is 23.4 Å². The summed E-state index contributed by atoms with van der Waals surface area (Å²) >= 11 is 7.37. The van der Waals surface area contributed by atoms with E-state index in [4.69, 9.17) is 16.3 Å². The van der Waals surface area contributed by atoms with Crippen LogP contribution in [0.3, 0.4) is 0 Å². The third-order valence-corrected chi connectivity index (χ3v) is 6.34. The van der Waals surface area contributed by atoms with Gasteiger partial charge in [0.15, 0.2) is 10.9 Å². The van der Waals surface area contributed by atoms with Crippen LogP contribution in [0.2, 0.25) is 5.02 Å². The molecule has 0 N–H and O–H groups in total. The number of ether oxygens (including phenoxy) is 1. The van der Waals surface area contributed by atoms with Crippen molar-refractivity contribution in [2.24, 2.45) is 0 Å². The van der Waals surface area contributed by atoms with E-state index < -0.39 is 0 Å². The highest BCUT2D eigenvalue weighted by atomic mass is 35.5. The van der Waals surface area contributed by atoms with Crippen molar-refractivity contribution in [2.75, 3.05) is 31.2 Å². The van der Waals surface area contributed by atoms with Crippen molar-refractivity contribution in [3.8, 4) is 5.69 Å². The fourth-order valence-electron chi connectivity index (χ4n) is 3.39. The van der Waals surface area contributed by atoms with Gasteiger partial charge in [0.2, 0.25) is 5.95 Å². The molecule has 4 rings (SSSR count). The van der Waals surface area contributed by atoms with Gasteiger partial charge in [0, 0.05) is 23.7 Å². The van der Waals surface area contributed by atoms with Crippen LogP contribution in [-0.4, -0.2) is 52.1 Å². The van der Waals surface area contributed by atoms with Gasteiger partial charge in [-0.1, -0.05) is 41.6 Å². The van der Waals surface area contributed by atoms with Gasteiger partial charge in [0.25, 0.3) is 0 Å². The monoisotopic (exact) mass is 442 g/mol. The van der Waals surface area contributed by atoms with E-state index in [1.807, 2.05) is 19.1 Å². The molecule has 0 unspecified atom stereocenters. The molecule has 8 heteroatoms. The van der Waals surface area contributed by atoms with Gasteiger partial charge in [-0.15, -0.1) is 10.2 Å². The number of hydrogen-bond donors (Lipinski definition) is 0. The fourth-order valence-corrected chi connectivity index (χ4v) is 4.45. The summed E-state index contributed by atoms with van der Waals surface area (Å²) in [5, 5.41) is 9.93. The molecule has 1 fully saturated rings. The van der Waals surface area contributed by atoms with Crippen LogP contribution in [0.5, 0.6) is 0 Å². The van der Waals surface area contributed by atoms with Crippen LogP contribution < -0.4 is 4.90 Å². The number of halogens is 1. The molecule has 1 aliphatic heterocycles. The van der Waals surface area contributed by atoms with Crippen molar-refractivity contribution < 1.29 is 9.53 Å². The Balaban J connectivity index is 1.67. The Labute approximate surface area is 185 Å². The molecule has 2 heterocycles. The first kappa shape index (κ1) is 20.9. The number of ketones is 1. The predicted molar refractivity (Wildman–Crippen MR) is 120 cm³/mol. The topological polar surface area (TPSA) is 60.2 Å². The molecule has 0 saturated carbocycles. The van der Waals surface area contributed by atoms with E-state index >= 15 is 0 Å². The lowest BCUT2D eigenvalue weighted by atomic mass is 10.1. The van der Waals surface area contributed by atoms with Gasteiger partial charge in [-0.05, 0) is 49.7 Å². The van der Waals surface area contributed by atoms with Crippen LogP contribution in [0.4, 0.5) is 5.95 Å². The molecule has 156 valence electrons. The fraction of sp³-hybridized carbons (Fsp3) is 0.318. The largest absolute Gasteiger partial charge is 0.378 e. The number of nitrogens with zero attached hydrogens (tertiary/aromatic N) is 4. The maximum absolute atomic E-state index is 12.9. The maximum atomic E-state index is 12.9. The number of rotatable bonds is 6. The Morgan fingerprint density at radius 1 is 1.10 bits per heavy atom. The summed E-state index contributed by atoms with van der Waals surface area (Å²) in [5.41, 5.74) is 2.76. The van der Waals surface area contributed by atoms with E-state index in [1.165, 1.54) is 11.8 Å². The van der Waals surface area contributed by atoms with Crippen molar-refractivity contribution in [1.82, 2.24) is 14.8 Å². The van der Waals surface area contributed by atoms with E-state index in [9.17, 15) is 4.79 Å². The zero-order valence-electron chi connectivity index (χ0n) is 16.9. The van der Waals surface area contributed by atoms with E-state index in [-0.39, 0.29) is 11.0 Å². The van der Waals surface area contributed by atoms with Gasteiger partial charge in [0.05, 0.1) is 24.2 Å². The molecule has 3 aromatic rings. The van der Waals surface area contributed by atoms with Gasteiger partial charge in [0.1, 0.15) is 0 Å². The van der Waals surface area contributed by atoms with Crippen LogP contribution in [0.15, 0.2) is 53.7 Å². The minimum atomic E-state index is -0.323. The average molecular weight is 443 g/mol. The Morgan fingerprint density at radius 3 is 2.50 bits per heavy atom. The Bertz CT molecular complexity index is 1030. The van der Waals surface area contributed by atoms with Crippen LogP contribution in [-0.2, 0) is 4.74 Å². The average Bonchev–Trinajstić information content (AvgIpc) is 3.18. The second-order valence-electron chi connectivity index (χ2n) is 7.14. The first-order valence-electron chi connectivity index (χ1n) is 9.85. The standard InChI is InChI=1S/C22H23ClN4O2S/c1-15-5-3-4-6-19(15)27-21(26-11-13-29-14-12-26)24-25-22(27)30-16(2)20(28)17-7-9-18(23)10-8-17/h3-10,16H,11-14H2,1-2H3/t16-/m0/s1. The number of carbonyl (C=O) groups excluding carboxylic acids is 1. The molecule has 0 aliphatic carbocycles. The van der Waals surface area contributed by atoms with Crippen LogP contribution in [0.1, 0.15) is 22.8 Å². The minimum Gasteiger partial charge on any atom is -0.378 e. The first-order valence-corrected chi connectivity index (χ1v) is 11.1. The van der Waals surface area contributed by atoms with E-state index in [1.54, 1.807) is 24.3 Å². The van der Waals surface area contributed by atoms with Gasteiger partial charge in [-0.2, -0.15) is 0 Å². The highest BCUT2D eigenvalue weighted by Crippen LogP contribution is 2.32. The summed E-state index contributed by atoms with van der Waals surface area (Å²) < 4.78 is 7.54.